The Morgan fingerprint density at radius 3 is 2.30 bits per heavy atom. The number of aliphatic hydroxyl groups is 1. The molecule has 3 aromatic carbocycles. The maximum atomic E-state index is 13.5. The van der Waals surface area contributed by atoms with E-state index in [4.69, 9.17) is 14.8 Å². The Kier molecular flexibility index (Phi) is 5.38. The molecule has 0 aliphatic rings. The Balaban J connectivity index is 1.99. The van der Waals surface area contributed by atoms with Crippen molar-refractivity contribution in [3.63, 3.8) is 0 Å². The van der Waals surface area contributed by atoms with E-state index in [1.165, 1.54) is 0 Å². The smallest absolute Gasteiger partial charge is 0.266 e. The van der Waals surface area contributed by atoms with Gasteiger partial charge in [-0.15, -0.1) is 0 Å². The molecule has 4 rings (SSSR count). The van der Waals surface area contributed by atoms with Gasteiger partial charge in [-0.05, 0) is 68.3 Å². The summed E-state index contributed by atoms with van der Waals surface area (Å²) in [5.41, 5.74) is 5.15. The number of rotatable bonds is 5. The molecule has 0 aliphatic heterocycles. The summed E-state index contributed by atoms with van der Waals surface area (Å²) in [6.07, 6.45) is 0. The minimum Gasteiger partial charge on any atom is -0.491 e. The molecule has 152 valence electrons. The van der Waals surface area contributed by atoms with E-state index in [-0.39, 0.29) is 18.8 Å². The molecule has 0 saturated carbocycles. The maximum absolute atomic E-state index is 13.5. The molecule has 0 saturated heterocycles. The number of aryl methyl sites for hydroxylation is 3. The number of fused-ring (bicyclic) bond motifs is 1. The average Bonchev–Trinajstić information content (AvgIpc) is 2.74. The van der Waals surface area contributed by atoms with E-state index in [0.29, 0.717) is 16.7 Å². The van der Waals surface area contributed by atoms with Crippen molar-refractivity contribution >= 4 is 10.9 Å². The SMILES string of the molecule is Cc1ccc(-n2c(-c3cc(C)c(OCCO)c(C)c3)nc3ccccc3c2=O)cc1. The Bertz CT molecular complexity index is 1250. The lowest BCUT2D eigenvalue weighted by Crippen LogP contribution is -2.22. The van der Waals surface area contributed by atoms with Crippen LogP contribution >= 0.6 is 0 Å². The van der Waals surface area contributed by atoms with Crippen molar-refractivity contribution < 1.29 is 9.84 Å². The zero-order valence-electron chi connectivity index (χ0n) is 17.3. The van der Waals surface area contributed by atoms with Crippen LogP contribution in [0.25, 0.3) is 28.0 Å². The highest BCUT2D eigenvalue weighted by atomic mass is 16.5. The summed E-state index contributed by atoms with van der Waals surface area (Å²) < 4.78 is 7.36. The van der Waals surface area contributed by atoms with Crippen molar-refractivity contribution in [3.8, 4) is 22.8 Å². The summed E-state index contributed by atoms with van der Waals surface area (Å²) in [5.74, 6) is 1.33. The van der Waals surface area contributed by atoms with Gasteiger partial charge in [0.05, 0.1) is 23.2 Å². The molecule has 0 spiro atoms. The predicted octanol–water partition coefficient (Wildman–Crippen LogP) is 4.35. The molecule has 5 heteroatoms. The molecule has 0 amide bonds. The van der Waals surface area contributed by atoms with Gasteiger partial charge in [-0.3, -0.25) is 9.36 Å². The molecule has 4 aromatic rings. The van der Waals surface area contributed by atoms with Crippen molar-refractivity contribution in [2.24, 2.45) is 0 Å². The highest BCUT2D eigenvalue weighted by Crippen LogP contribution is 2.30. The predicted molar refractivity (Wildman–Crippen MR) is 120 cm³/mol. The van der Waals surface area contributed by atoms with Gasteiger partial charge in [-0.1, -0.05) is 29.8 Å². The number of ether oxygens (including phenoxy) is 1. The zero-order valence-corrected chi connectivity index (χ0v) is 17.3. The van der Waals surface area contributed by atoms with Crippen molar-refractivity contribution in [1.29, 1.82) is 0 Å². The summed E-state index contributed by atoms with van der Waals surface area (Å²) >= 11 is 0. The van der Waals surface area contributed by atoms with E-state index in [9.17, 15) is 4.79 Å². The topological polar surface area (TPSA) is 64.3 Å². The monoisotopic (exact) mass is 400 g/mol. The van der Waals surface area contributed by atoms with Crippen LogP contribution in [0.3, 0.4) is 0 Å². The van der Waals surface area contributed by atoms with Crippen LogP contribution in [0.2, 0.25) is 0 Å². The van der Waals surface area contributed by atoms with E-state index >= 15 is 0 Å². The number of benzene rings is 3. The molecule has 0 bridgehead atoms. The Morgan fingerprint density at radius 1 is 0.967 bits per heavy atom. The van der Waals surface area contributed by atoms with Crippen molar-refractivity contribution in [2.45, 2.75) is 20.8 Å². The molecule has 0 atom stereocenters. The minimum absolute atomic E-state index is 0.0418. The van der Waals surface area contributed by atoms with Gasteiger partial charge < -0.3 is 9.84 Å². The minimum atomic E-state index is -0.102. The van der Waals surface area contributed by atoms with Gasteiger partial charge >= 0.3 is 0 Å². The number of nitrogens with zero attached hydrogens (tertiary/aromatic N) is 2. The largest absolute Gasteiger partial charge is 0.491 e. The number of hydrogen-bond donors (Lipinski definition) is 1. The Hall–Kier alpha value is -3.44. The number of aromatic nitrogens is 2. The molecule has 1 N–H and O–H groups in total. The van der Waals surface area contributed by atoms with Gasteiger partial charge in [0.2, 0.25) is 0 Å². The second-order valence-electron chi connectivity index (χ2n) is 7.44. The van der Waals surface area contributed by atoms with Gasteiger partial charge in [0, 0.05) is 5.56 Å². The van der Waals surface area contributed by atoms with Crippen LogP contribution in [-0.2, 0) is 0 Å². The Morgan fingerprint density at radius 2 is 1.63 bits per heavy atom. The molecule has 0 radical (unpaired) electrons. The first kappa shape index (κ1) is 19.9. The van der Waals surface area contributed by atoms with Crippen LogP contribution < -0.4 is 10.3 Å². The molecular weight excluding hydrogens is 376 g/mol. The molecule has 0 fully saturated rings. The summed E-state index contributed by atoms with van der Waals surface area (Å²) in [6, 6.07) is 19.2. The van der Waals surface area contributed by atoms with Crippen LogP contribution in [-0.4, -0.2) is 27.9 Å². The van der Waals surface area contributed by atoms with E-state index in [1.807, 2.05) is 81.4 Å². The van der Waals surface area contributed by atoms with E-state index in [0.717, 1.165) is 33.7 Å². The lowest BCUT2D eigenvalue weighted by Gasteiger charge is -2.17. The van der Waals surface area contributed by atoms with Crippen LogP contribution in [0.1, 0.15) is 16.7 Å². The van der Waals surface area contributed by atoms with Crippen molar-refractivity contribution in [2.75, 3.05) is 13.2 Å². The normalized spacial score (nSPS) is 11.1. The first-order valence-electron chi connectivity index (χ1n) is 9.93. The van der Waals surface area contributed by atoms with Gasteiger partial charge in [0.1, 0.15) is 18.2 Å². The van der Waals surface area contributed by atoms with E-state index < -0.39 is 0 Å². The van der Waals surface area contributed by atoms with E-state index in [1.54, 1.807) is 4.57 Å². The number of para-hydroxylation sites is 1. The number of hydrogen-bond acceptors (Lipinski definition) is 4. The highest BCUT2D eigenvalue weighted by Gasteiger charge is 2.16. The van der Waals surface area contributed by atoms with Gasteiger partial charge in [0.25, 0.3) is 5.56 Å². The average molecular weight is 400 g/mol. The third-order valence-electron chi connectivity index (χ3n) is 5.12. The van der Waals surface area contributed by atoms with Gasteiger partial charge in [-0.2, -0.15) is 0 Å². The molecule has 0 unspecified atom stereocenters. The van der Waals surface area contributed by atoms with Crippen LogP contribution in [0, 0.1) is 20.8 Å². The van der Waals surface area contributed by atoms with Crippen LogP contribution in [0.5, 0.6) is 5.75 Å². The summed E-state index contributed by atoms with van der Waals surface area (Å²) in [4.78, 5) is 18.3. The summed E-state index contributed by atoms with van der Waals surface area (Å²) in [7, 11) is 0. The second kappa shape index (κ2) is 8.13. The van der Waals surface area contributed by atoms with Gasteiger partial charge in [0.15, 0.2) is 0 Å². The second-order valence-corrected chi connectivity index (χ2v) is 7.44. The van der Waals surface area contributed by atoms with Gasteiger partial charge in [-0.25, -0.2) is 4.98 Å². The first-order valence-corrected chi connectivity index (χ1v) is 9.93. The first-order chi connectivity index (χ1) is 14.5. The van der Waals surface area contributed by atoms with Crippen LogP contribution in [0.4, 0.5) is 0 Å². The fourth-order valence-corrected chi connectivity index (χ4v) is 3.71. The van der Waals surface area contributed by atoms with Crippen LogP contribution in [0.15, 0.2) is 65.5 Å². The highest BCUT2D eigenvalue weighted by molar-refractivity contribution is 5.80. The van der Waals surface area contributed by atoms with Crippen molar-refractivity contribution in [1.82, 2.24) is 9.55 Å². The summed E-state index contributed by atoms with van der Waals surface area (Å²) in [6.45, 7) is 6.13. The number of aliphatic hydroxyl groups excluding tert-OH is 1. The third-order valence-corrected chi connectivity index (χ3v) is 5.12. The fraction of sp³-hybridized carbons (Fsp3) is 0.200. The molecule has 30 heavy (non-hydrogen) atoms. The molecule has 0 aliphatic carbocycles. The molecule has 1 heterocycles. The molecule has 5 nitrogen and oxygen atoms in total. The molecule has 1 aromatic heterocycles. The quantitative estimate of drug-likeness (QED) is 0.541. The maximum Gasteiger partial charge on any atom is 0.266 e. The standard InChI is InChI=1S/C25H24N2O3/c1-16-8-10-20(11-9-16)27-24(26-22-7-5-4-6-21(22)25(27)29)19-14-17(2)23(18(3)15-19)30-13-12-28/h4-11,14-15,28H,12-13H2,1-3H3. The lowest BCUT2D eigenvalue weighted by atomic mass is 10.0. The van der Waals surface area contributed by atoms with Crippen molar-refractivity contribution in [3.05, 3.63) is 87.7 Å². The molecular formula is C25H24N2O3. The fourth-order valence-electron chi connectivity index (χ4n) is 3.71. The Labute approximate surface area is 175 Å². The summed E-state index contributed by atoms with van der Waals surface area (Å²) in [5, 5.41) is 9.66. The zero-order chi connectivity index (χ0) is 21.3. The lowest BCUT2D eigenvalue weighted by molar-refractivity contribution is 0.200. The third kappa shape index (κ3) is 3.60. The van der Waals surface area contributed by atoms with E-state index in [2.05, 4.69) is 0 Å².